The summed E-state index contributed by atoms with van der Waals surface area (Å²) in [6.07, 6.45) is -4.74. The summed E-state index contributed by atoms with van der Waals surface area (Å²) in [6, 6.07) is 12.2. The van der Waals surface area contributed by atoms with Crippen molar-refractivity contribution in [1.82, 2.24) is 0 Å². The van der Waals surface area contributed by atoms with Gasteiger partial charge in [0, 0.05) is 11.1 Å². The first kappa shape index (κ1) is 23.9. The molecule has 2 N–H and O–H groups in total. The summed E-state index contributed by atoms with van der Waals surface area (Å²) in [4.78, 5) is 10.8. The van der Waals surface area contributed by atoms with Crippen molar-refractivity contribution in [2.45, 2.75) is 11.1 Å². The highest BCUT2D eigenvalue weighted by Gasteiger charge is 2.32. The second-order valence-corrected chi connectivity index (χ2v) is 8.39. The Labute approximate surface area is 187 Å². The van der Waals surface area contributed by atoms with Crippen molar-refractivity contribution in [3.05, 3.63) is 71.8 Å². The third kappa shape index (κ3) is 5.03. The van der Waals surface area contributed by atoms with E-state index in [0.29, 0.717) is 17.4 Å². The minimum absolute atomic E-state index is 0.123. The number of hydrogen-bond acceptors (Lipinski definition) is 5. The molecule has 0 aromatic heterocycles. The molecule has 0 bridgehead atoms. The zero-order valence-electron chi connectivity index (χ0n) is 17.3. The van der Waals surface area contributed by atoms with Crippen LogP contribution in [0.2, 0.25) is 0 Å². The predicted molar refractivity (Wildman–Crippen MR) is 114 cm³/mol. The van der Waals surface area contributed by atoms with E-state index in [9.17, 15) is 31.5 Å². The molecular formula is C22H18F3NO6S. The Balaban J connectivity index is 2.21. The topological polar surface area (TPSA) is 102 Å². The van der Waals surface area contributed by atoms with Gasteiger partial charge in [0.05, 0.1) is 31.0 Å². The lowest BCUT2D eigenvalue weighted by Gasteiger charge is -2.18. The molecule has 3 rings (SSSR count). The Hall–Kier alpha value is -3.73. The van der Waals surface area contributed by atoms with Crippen LogP contribution in [0.25, 0.3) is 11.1 Å². The van der Waals surface area contributed by atoms with Gasteiger partial charge in [-0.05, 0) is 36.4 Å². The van der Waals surface area contributed by atoms with Gasteiger partial charge >= 0.3 is 12.1 Å². The molecule has 33 heavy (non-hydrogen) atoms. The van der Waals surface area contributed by atoms with Gasteiger partial charge in [-0.3, -0.25) is 4.72 Å². The molecule has 0 saturated carbocycles. The number of carboxylic acid groups (broad SMARTS) is 1. The molecule has 7 nitrogen and oxygen atoms in total. The lowest BCUT2D eigenvalue weighted by atomic mass is 10.0. The zero-order chi connectivity index (χ0) is 24.4. The average Bonchev–Trinajstić information content (AvgIpc) is 2.77. The quantitative estimate of drug-likeness (QED) is 0.498. The monoisotopic (exact) mass is 481 g/mol. The Bertz CT molecular complexity index is 1310. The first-order valence-corrected chi connectivity index (χ1v) is 10.7. The van der Waals surface area contributed by atoms with E-state index in [-0.39, 0.29) is 22.6 Å². The standard InChI is InChI=1S/C22H18F3NO6S/c1-31-18-6-4-3-5-16(18)15-9-8-14(22(23,24)25)12-17(15)26-33(29,30)20-11-13(21(27)28)7-10-19(20)32-2/h3-12,26H,1-2H3,(H,27,28). The summed E-state index contributed by atoms with van der Waals surface area (Å²) in [6.45, 7) is 0. The van der Waals surface area contributed by atoms with Crippen molar-refractivity contribution in [3.63, 3.8) is 0 Å². The Morgan fingerprint density at radius 2 is 1.58 bits per heavy atom. The minimum Gasteiger partial charge on any atom is -0.496 e. The molecule has 0 saturated heterocycles. The smallest absolute Gasteiger partial charge is 0.416 e. The molecule has 0 fully saturated rings. The van der Waals surface area contributed by atoms with Crippen LogP contribution in [0.4, 0.5) is 18.9 Å². The van der Waals surface area contributed by atoms with E-state index in [2.05, 4.69) is 4.72 Å². The molecule has 0 aliphatic heterocycles. The normalized spacial score (nSPS) is 11.7. The van der Waals surface area contributed by atoms with Crippen LogP contribution in [0.3, 0.4) is 0 Å². The van der Waals surface area contributed by atoms with Crippen LogP contribution in [-0.2, 0) is 16.2 Å². The molecule has 0 aliphatic carbocycles. The molecule has 174 valence electrons. The number of methoxy groups -OCH3 is 2. The molecular weight excluding hydrogens is 463 g/mol. The number of carbonyl (C=O) groups is 1. The maximum Gasteiger partial charge on any atom is 0.416 e. The number of benzene rings is 3. The minimum atomic E-state index is -4.74. The van der Waals surface area contributed by atoms with E-state index in [1.54, 1.807) is 24.3 Å². The number of anilines is 1. The van der Waals surface area contributed by atoms with Gasteiger partial charge < -0.3 is 14.6 Å². The predicted octanol–water partition coefficient (Wildman–Crippen LogP) is 4.89. The zero-order valence-corrected chi connectivity index (χ0v) is 18.1. The van der Waals surface area contributed by atoms with E-state index in [4.69, 9.17) is 9.47 Å². The van der Waals surface area contributed by atoms with E-state index >= 15 is 0 Å². The highest BCUT2D eigenvalue weighted by Crippen LogP contribution is 2.40. The number of halogens is 3. The maximum absolute atomic E-state index is 13.4. The van der Waals surface area contributed by atoms with Crippen LogP contribution in [0.15, 0.2) is 65.6 Å². The van der Waals surface area contributed by atoms with E-state index in [1.165, 1.54) is 14.2 Å². The summed E-state index contributed by atoms with van der Waals surface area (Å²) < 4.78 is 78.9. The maximum atomic E-state index is 13.4. The number of ether oxygens (including phenoxy) is 2. The van der Waals surface area contributed by atoms with Gasteiger partial charge in [0.1, 0.15) is 16.4 Å². The Kier molecular flexibility index (Phi) is 6.54. The number of alkyl halides is 3. The highest BCUT2D eigenvalue weighted by molar-refractivity contribution is 7.92. The molecule has 0 aliphatic rings. The van der Waals surface area contributed by atoms with Gasteiger partial charge in [-0.1, -0.05) is 24.3 Å². The third-order valence-corrected chi connectivity index (χ3v) is 6.08. The molecule has 11 heteroatoms. The van der Waals surface area contributed by atoms with E-state index in [0.717, 1.165) is 30.3 Å². The molecule has 0 radical (unpaired) electrons. The molecule has 0 amide bonds. The number of hydrogen-bond donors (Lipinski definition) is 2. The highest BCUT2D eigenvalue weighted by atomic mass is 32.2. The first-order valence-electron chi connectivity index (χ1n) is 9.26. The van der Waals surface area contributed by atoms with Crippen molar-refractivity contribution in [2.24, 2.45) is 0 Å². The van der Waals surface area contributed by atoms with Gasteiger partial charge in [-0.25, -0.2) is 13.2 Å². The van der Waals surface area contributed by atoms with Crippen molar-refractivity contribution >= 4 is 21.7 Å². The number of carboxylic acids is 1. The Morgan fingerprint density at radius 3 is 2.18 bits per heavy atom. The number of rotatable bonds is 7. The van der Waals surface area contributed by atoms with E-state index < -0.39 is 32.6 Å². The third-order valence-electron chi connectivity index (χ3n) is 4.69. The average molecular weight is 481 g/mol. The molecule has 3 aromatic carbocycles. The fourth-order valence-electron chi connectivity index (χ4n) is 3.13. The van der Waals surface area contributed by atoms with Gasteiger partial charge in [-0.2, -0.15) is 13.2 Å². The summed E-state index contributed by atoms with van der Waals surface area (Å²) in [5, 5.41) is 9.21. The van der Waals surface area contributed by atoms with Gasteiger partial charge in [0.15, 0.2) is 0 Å². The molecule has 0 spiro atoms. The summed E-state index contributed by atoms with van der Waals surface area (Å²) >= 11 is 0. The first-order chi connectivity index (χ1) is 15.5. The second kappa shape index (κ2) is 9.02. The van der Waals surface area contributed by atoms with E-state index in [1.807, 2.05) is 0 Å². The fraction of sp³-hybridized carbons (Fsp3) is 0.136. The number of sulfonamides is 1. The van der Waals surface area contributed by atoms with Crippen molar-refractivity contribution in [3.8, 4) is 22.6 Å². The number of aromatic carboxylic acids is 1. The Morgan fingerprint density at radius 1 is 0.909 bits per heavy atom. The van der Waals surface area contributed by atoms with Crippen LogP contribution in [0.1, 0.15) is 15.9 Å². The van der Waals surface area contributed by atoms with Gasteiger partial charge in [-0.15, -0.1) is 0 Å². The second-order valence-electron chi connectivity index (χ2n) is 6.73. The van der Waals surface area contributed by atoms with Crippen molar-refractivity contribution < 1.29 is 41.0 Å². The van der Waals surface area contributed by atoms with Crippen molar-refractivity contribution in [2.75, 3.05) is 18.9 Å². The number of para-hydroxylation sites is 1. The van der Waals surface area contributed by atoms with Gasteiger partial charge in [0.25, 0.3) is 10.0 Å². The number of nitrogens with one attached hydrogen (secondary N) is 1. The fourth-order valence-corrected chi connectivity index (χ4v) is 4.39. The largest absolute Gasteiger partial charge is 0.496 e. The van der Waals surface area contributed by atoms with Gasteiger partial charge in [0.2, 0.25) is 0 Å². The summed E-state index contributed by atoms with van der Waals surface area (Å²) in [5.41, 5.74) is -1.33. The molecule has 3 aromatic rings. The van der Waals surface area contributed by atoms with Crippen LogP contribution >= 0.6 is 0 Å². The van der Waals surface area contributed by atoms with Crippen LogP contribution in [-0.4, -0.2) is 33.7 Å². The van der Waals surface area contributed by atoms with Crippen molar-refractivity contribution in [1.29, 1.82) is 0 Å². The lowest BCUT2D eigenvalue weighted by molar-refractivity contribution is -0.137. The summed E-state index contributed by atoms with van der Waals surface area (Å²) in [5.74, 6) is -1.26. The van der Waals surface area contributed by atoms with Crippen LogP contribution in [0, 0.1) is 0 Å². The molecule has 0 unspecified atom stereocenters. The summed E-state index contributed by atoms with van der Waals surface area (Å²) in [7, 11) is -2.02. The van der Waals surface area contributed by atoms with Crippen LogP contribution < -0.4 is 14.2 Å². The molecule has 0 atom stereocenters. The lowest BCUT2D eigenvalue weighted by Crippen LogP contribution is -2.16. The SMILES string of the molecule is COc1ccccc1-c1ccc(C(F)(F)F)cc1NS(=O)(=O)c1cc(C(=O)O)ccc1OC. The molecule has 0 heterocycles. The van der Waals surface area contributed by atoms with Crippen LogP contribution in [0.5, 0.6) is 11.5 Å².